The van der Waals surface area contributed by atoms with Crippen LogP contribution >= 0.6 is 11.6 Å². The normalized spacial score (nSPS) is 14.3. The molecule has 1 aliphatic rings. The van der Waals surface area contributed by atoms with E-state index in [9.17, 15) is 9.59 Å². The van der Waals surface area contributed by atoms with Gasteiger partial charge in [-0.15, -0.1) is 0 Å². The van der Waals surface area contributed by atoms with Crippen molar-refractivity contribution >= 4 is 29.2 Å². The summed E-state index contributed by atoms with van der Waals surface area (Å²) in [6.07, 6.45) is 1.75. The molecule has 0 aliphatic heterocycles. The van der Waals surface area contributed by atoms with Gasteiger partial charge in [-0.05, 0) is 37.1 Å². The Morgan fingerprint density at radius 1 is 1.19 bits per heavy atom. The van der Waals surface area contributed by atoms with E-state index in [1.54, 1.807) is 24.3 Å². The van der Waals surface area contributed by atoms with E-state index in [2.05, 4.69) is 10.6 Å². The number of halogens is 1. The molecular weight excluding hydrogens is 228 g/mol. The Morgan fingerprint density at radius 2 is 1.81 bits per heavy atom. The first-order valence-electron chi connectivity index (χ1n) is 5.02. The van der Waals surface area contributed by atoms with Gasteiger partial charge in [-0.3, -0.25) is 10.1 Å². The predicted octanol–water partition coefficient (Wildman–Crippen LogP) is 2.40. The summed E-state index contributed by atoms with van der Waals surface area (Å²) in [5, 5.41) is 5.43. The van der Waals surface area contributed by atoms with E-state index in [-0.39, 0.29) is 11.8 Å². The van der Waals surface area contributed by atoms with Gasteiger partial charge in [-0.2, -0.15) is 0 Å². The predicted molar refractivity (Wildman–Crippen MR) is 61.3 cm³/mol. The van der Waals surface area contributed by atoms with Gasteiger partial charge in [0.15, 0.2) is 0 Å². The van der Waals surface area contributed by atoms with E-state index >= 15 is 0 Å². The third-order valence-electron chi connectivity index (χ3n) is 2.29. The fourth-order valence-corrected chi connectivity index (χ4v) is 1.38. The van der Waals surface area contributed by atoms with Gasteiger partial charge >= 0.3 is 6.03 Å². The van der Waals surface area contributed by atoms with Crippen molar-refractivity contribution in [2.75, 3.05) is 5.32 Å². The molecule has 0 aromatic heterocycles. The van der Waals surface area contributed by atoms with Gasteiger partial charge in [0.1, 0.15) is 0 Å². The van der Waals surface area contributed by atoms with Crippen LogP contribution in [0.1, 0.15) is 12.8 Å². The lowest BCUT2D eigenvalue weighted by Gasteiger charge is -2.05. The smallest absolute Gasteiger partial charge is 0.308 e. The molecule has 0 atom stereocenters. The number of benzene rings is 1. The Balaban J connectivity index is 1.86. The molecule has 1 aromatic carbocycles. The number of carbonyl (C=O) groups excluding carboxylic acids is 2. The Hall–Kier alpha value is -1.55. The first-order valence-corrected chi connectivity index (χ1v) is 5.40. The summed E-state index contributed by atoms with van der Waals surface area (Å²) in [7, 11) is 0. The fourth-order valence-electron chi connectivity index (χ4n) is 1.26. The number of urea groups is 1. The summed E-state index contributed by atoms with van der Waals surface area (Å²) in [5.74, 6) is -0.178. The van der Waals surface area contributed by atoms with Crippen LogP contribution in [0.15, 0.2) is 24.3 Å². The van der Waals surface area contributed by atoms with Crippen LogP contribution in [0.25, 0.3) is 0 Å². The van der Waals surface area contributed by atoms with Crippen LogP contribution in [0, 0.1) is 5.92 Å². The van der Waals surface area contributed by atoms with Crippen LogP contribution < -0.4 is 10.6 Å². The van der Waals surface area contributed by atoms with E-state index < -0.39 is 6.03 Å². The zero-order chi connectivity index (χ0) is 11.5. The van der Waals surface area contributed by atoms with Gasteiger partial charge in [0, 0.05) is 16.6 Å². The summed E-state index contributed by atoms with van der Waals surface area (Å²) in [4.78, 5) is 22.6. The third-order valence-corrected chi connectivity index (χ3v) is 2.54. The van der Waals surface area contributed by atoms with Gasteiger partial charge in [0.2, 0.25) is 5.91 Å². The van der Waals surface area contributed by atoms with E-state index in [4.69, 9.17) is 11.6 Å². The van der Waals surface area contributed by atoms with Crippen LogP contribution in [0.5, 0.6) is 0 Å². The van der Waals surface area contributed by atoms with Gasteiger partial charge in [-0.1, -0.05) is 11.6 Å². The summed E-state index contributed by atoms with van der Waals surface area (Å²) in [6, 6.07) is 6.17. The Kier molecular flexibility index (Phi) is 3.10. The van der Waals surface area contributed by atoms with Crippen molar-refractivity contribution in [3.63, 3.8) is 0 Å². The molecule has 2 N–H and O–H groups in total. The lowest BCUT2D eigenvalue weighted by Crippen LogP contribution is -2.35. The molecule has 2 rings (SSSR count). The number of rotatable bonds is 2. The molecule has 0 spiro atoms. The highest BCUT2D eigenvalue weighted by atomic mass is 35.5. The molecule has 0 radical (unpaired) electrons. The highest BCUT2D eigenvalue weighted by Gasteiger charge is 2.30. The van der Waals surface area contributed by atoms with Crippen LogP contribution in [0.4, 0.5) is 10.5 Å². The van der Waals surface area contributed by atoms with Crippen molar-refractivity contribution in [1.82, 2.24) is 5.32 Å². The van der Waals surface area contributed by atoms with Gasteiger partial charge in [-0.25, -0.2) is 4.79 Å². The second kappa shape index (κ2) is 4.53. The zero-order valence-corrected chi connectivity index (χ0v) is 9.25. The molecule has 1 aromatic rings. The van der Waals surface area contributed by atoms with Crippen LogP contribution in [-0.2, 0) is 4.79 Å². The second-order valence-corrected chi connectivity index (χ2v) is 4.16. The monoisotopic (exact) mass is 238 g/mol. The van der Waals surface area contributed by atoms with Gasteiger partial charge in [0.05, 0.1) is 0 Å². The van der Waals surface area contributed by atoms with Crippen LogP contribution in [-0.4, -0.2) is 11.9 Å². The molecule has 0 bridgehead atoms. The Morgan fingerprint density at radius 3 is 2.38 bits per heavy atom. The van der Waals surface area contributed by atoms with Crippen molar-refractivity contribution in [2.45, 2.75) is 12.8 Å². The van der Waals surface area contributed by atoms with Crippen molar-refractivity contribution < 1.29 is 9.59 Å². The maximum absolute atomic E-state index is 11.4. The molecule has 0 heterocycles. The van der Waals surface area contributed by atoms with Crippen molar-refractivity contribution in [1.29, 1.82) is 0 Å². The highest BCUT2D eigenvalue weighted by Crippen LogP contribution is 2.28. The molecule has 1 saturated carbocycles. The molecule has 0 unspecified atom stereocenters. The van der Waals surface area contributed by atoms with Gasteiger partial charge in [0.25, 0.3) is 0 Å². The minimum Gasteiger partial charge on any atom is -0.308 e. The number of anilines is 1. The van der Waals surface area contributed by atoms with E-state index in [0.717, 1.165) is 12.8 Å². The minimum absolute atomic E-state index is 0.0240. The molecule has 5 heteroatoms. The van der Waals surface area contributed by atoms with E-state index in [0.29, 0.717) is 10.7 Å². The highest BCUT2D eigenvalue weighted by molar-refractivity contribution is 6.30. The summed E-state index contributed by atoms with van der Waals surface area (Å²) < 4.78 is 0. The Labute approximate surface area is 98.0 Å². The second-order valence-electron chi connectivity index (χ2n) is 3.72. The molecule has 84 valence electrons. The molecular formula is C11H11ClN2O2. The van der Waals surface area contributed by atoms with Gasteiger partial charge < -0.3 is 5.32 Å². The molecule has 4 nitrogen and oxygen atoms in total. The minimum atomic E-state index is -0.501. The maximum atomic E-state index is 11.4. The summed E-state index contributed by atoms with van der Waals surface area (Å²) in [6.45, 7) is 0. The third kappa shape index (κ3) is 2.97. The molecule has 3 amide bonds. The van der Waals surface area contributed by atoms with E-state index in [1.807, 2.05) is 0 Å². The quantitative estimate of drug-likeness (QED) is 0.831. The van der Waals surface area contributed by atoms with Crippen LogP contribution in [0.2, 0.25) is 5.02 Å². The average Bonchev–Trinajstić information content (AvgIpc) is 3.04. The number of carbonyl (C=O) groups is 2. The van der Waals surface area contributed by atoms with Crippen molar-refractivity contribution in [3.05, 3.63) is 29.3 Å². The SMILES string of the molecule is O=C(NC(=O)C1CC1)Nc1ccc(Cl)cc1. The molecule has 1 aliphatic carbocycles. The average molecular weight is 239 g/mol. The fraction of sp³-hybridized carbons (Fsp3) is 0.273. The first-order chi connectivity index (χ1) is 7.65. The lowest BCUT2D eigenvalue weighted by atomic mass is 10.3. The van der Waals surface area contributed by atoms with E-state index in [1.165, 1.54) is 0 Å². The molecule has 1 fully saturated rings. The summed E-state index contributed by atoms with van der Waals surface area (Å²) >= 11 is 5.70. The number of hydrogen-bond acceptors (Lipinski definition) is 2. The zero-order valence-electron chi connectivity index (χ0n) is 8.50. The topological polar surface area (TPSA) is 58.2 Å². The largest absolute Gasteiger partial charge is 0.325 e. The van der Waals surface area contributed by atoms with Crippen LogP contribution in [0.3, 0.4) is 0 Å². The molecule has 16 heavy (non-hydrogen) atoms. The Bertz CT molecular complexity index is 412. The maximum Gasteiger partial charge on any atom is 0.325 e. The van der Waals surface area contributed by atoms with Crippen molar-refractivity contribution in [2.24, 2.45) is 5.92 Å². The first kappa shape index (κ1) is 11.0. The number of nitrogens with one attached hydrogen (secondary N) is 2. The summed E-state index contributed by atoms with van der Waals surface area (Å²) in [5.41, 5.74) is 0.602. The standard InChI is InChI=1S/C11H11ClN2O2/c12-8-3-5-9(6-4-8)13-11(16)14-10(15)7-1-2-7/h3-7H,1-2H2,(H2,13,14,15,16). The number of hydrogen-bond donors (Lipinski definition) is 2. The number of amides is 3. The molecule has 0 saturated heterocycles. The number of imide groups is 1. The van der Waals surface area contributed by atoms with Crippen molar-refractivity contribution in [3.8, 4) is 0 Å². The lowest BCUT2D eigenvalue weighted by molar-refractivity contribution is -0.121.